The summed E-state index contributed by atoms with van der Waals surface area (Å²) < 4.78 is 0. The minimum Gasteiger partial charge on any atom is -0.305 e. The number of nitrogens with zero attached hydrogens (tertiary/aromatic N) is 2. The molecule has 0 atom stereocenters. The van der Waals surface area contributed by atoms with Gasteiger partial charge < -0.3 is 9.97 Å². The van der Waals surface area contributed by atoms with Crippen molar-refractivity contribution in [2.24, 2.45) is 0 Å². The number of pyridine rings is 2. The predicted molar refractivity (Wildman–Crippen MR) is 188 cm³/mol. The van der Waals surface area contributed by atoms with Crippen LogP contribution in [-0.2, 0) is 21.1 Å². The Kier molecular flexibility index (Phi) is 8.55. The van der Waals surface area contributed by atoms with E-state index in [-0.39, 0.29) is 34.5 Å². The quantitative estimate of drug-likeness (QED) is 0.191. The van der Waals surface area contributed by atoms with Crippen LogP contribution >= 0.6 is 0 Å². The smallest absolute Gasteiger partial charge is 0.305 e. The third kappa shape index (κ3) is 5.34. The van der Waals surface area contributed by atoms with E-state index in [9.17, 15) is 0 Å². The van der Waals surface area contributed by atoms with Crippen LogP contribution in [0.2, 0.25) is 0 Å². The summed E-state index contributed by atoms with van der Waals surface area (Å²) in [5.74, 6) is 0. The minimum atomic E-state index is 0. The van der Waals surface area contributed by atoms with Gasteiger partial charge in [0.15, 0.2) is 13.4 Å². The van der Waals surface area contributed by atoms with E-state index in [1.165, 1.54) is 66.2 Å². The molecule has 8 rings (SSSR count). The maximum Gasteiger partial charge on any atom is 2.00 e. The molecule has 2 aliphatic rings. The third-order valence-electron chi connectivity index (χ3n) is 9.29. The summed E-state index contributed by atoms with van der Waals surface area (Å²) in [4.78, 5) is 9.27. The van der Waals surface area contributed by atoms with Crippen LogP contribution in [0.1, 0.15) is 33.4 Å². The second-order valence-electron chi connectivity index (χ2n) is 12.4. The first-order valence-corrected chi connectivity index (χ1v) is 15.4. The molecule has 0 saturated carbocycles. The van der Waals surface area contributed by atoms with Gasteiger partial charge in [-0.1, -0.05) is 106 Å². The third-order valence-corrected chi connectivity index (χ3v) is 9.29. The van der Waals surface area contributed by atoms with Gasteiger partial charge >= 0.3 is 21.1 Å². The van der Waals surface area contributed by atoms with Crippen molar-refractivity contribution in [3.8, 4) is 22.5 Å². The first kappa shape index (κ1) is 31.0. The van der Waals surface area contributed by atoms with Gasteiger partial charge in [-0.15, -0.1) is 69.6 Å². The molecule has 0 unspecified atom stereocenters. The Morgan fingerprint density at radius 3 is 1.24 bits per heavy atom. The summed E-state index contributed by atoms with van der Waals surface area (Å²) in [7, 11) is 0. The molecule has 0 amide bonds. The van der Waals surface area contributed by atoms with E-state index in [0.29, 0.717) is 0 Å². The Bertz CT molecular complexity index is 1880. The van der Waals surface area contributed by atoms with Gasteiger partial charge in [-0.05, 0) is 51.2 Å². The minimum absolute atomic E-state index is 0. The van der Waals surface area contributed by atoms with Gasteiger partial charge in [0.1, 0.15) is 0 Å². The van der Waals surface area contributed by atoms with E-state index < -0.39 is 0 Å². The van der Waals surface area contributed by atoms with Crippen molar-refractivity contribution in [2.75, 3.05) is 0 Å². The fourth-order valence-corrected chi connectivity index (χ4v) is 7.36. The van der Waals surface area contributed by atoms with E-state index in [1.807, 2.05) is 24.5 Å². The van der Waals surface area contributed by atoms with Crippen molar-refractivity contribution < 1.29 is 21.1 Å². The van der Waals surface area contributed by atoms with E-state index in [1.54, 1.807) is 0 Å². The molecule has 220 valence electrons. The SMILES string of the molecule is Cc1c[c-]c2c(c1)B(c1c(C)cccc1C)c1cccnc1-2.Cc1c[c-]c2c(c1)B(c1c(C)cccc1C)c1cccnc1-2.[Pt+2]. The Morgan fingerprint density at radius 1 is 0.489 bits per heavy atom. The summed E-state index contributed by atoms with van der Waals surface area (Å²) in [6, 6.07) is 37.2. The molecule has 0 spiro atoms. The zero-order chi connectivity index (χ0) is 30.5. The van der Waals surface area contributed by atoms with Gasteiger partial charge in [0.25, 0.3) is 0 Å². The molecule has 5 heteroatoms. The van der Waals surface area contributed by atoms with Crippen LogP contribution in [0.15, 0.2) is 97.3 Å². The molecule has 2 nitrogen and oxygen atoms in total. The molecule has 4 heterocycles. The monoisotopic (exact) mass is 759 g/mol. The largest absolute Gasteiger partial charge is 2.00 e. The summed E-state index contributed by atoms with van der Waals surface area (Å²) in [5.41, 5.74) is 20.5. The van der Waals surface area contributed by atoms with Crippen molar-refractivity contribution in [1.82, 2.24) is 9.97 Å². The molecule has 0 fully saturated rings. The fraction of sp³-hybridized carbons (Fsp3) is 0.150. The Hall–Kier alpha value is -4.00. The zero-order valence-electron chi connectivity index (χ0n) is 26.6. The first-order valence-electron chi connectivity index (χ1n) is 15.4. The van der Waals surface area contributed by atoms with E-state index in [2.05, 4.69) is 136 Å². The Labute approximate surface area is 282 Å². The second kappa shape index (κ2) is 12.4. The van der Waals surface area contributed by atoms with Gasteiger partial charge in [-0.25, -0.2) is 0 Å². The maximum atomic E-state index is 4.63. The van der Waals surface area contributed by atoms with Gasteiger partial charge in [-0.2, -0.15) is 0 Å². The Balaban J connectivity index is 0.000000155. The molecule has 45 heavy (non-hydrogen) atoms. The molecule has 0 N–H and O–H groups in total. The van der Waals surface area contributed by atoms with Crippen LogP contribution in [0.3, 0.4) is 0 Å². The number of aryl methyl sites for hydroxylation is 6. The summed E-state index contributed by atoms with van der Waals surface area (Å²) in [6.07, 6.45) is 3.76. The van der Waals surface area contributed by atoms with Crippen LogP contribution in [0.5, 0.6) is 0 Å². The zero-order valence-corrected chi connectivity index (χ0v) is 28.9. The van der Waals surface area contributed by atoms with Gasteiger partial charge in [0.2, 0.25) is 0 Å². The van der Waals surface area contributed by atoms with Crippen LogP contribution in [0.4, 0.5) is 0 Å². The molecule has 4 aromatic carbocycles. The molecule has 0 radical (unpaired) electrons. The molecular weight excluding hydrogens is 725 g/mol. The molecule has 0 bridgehead atoms. The van der Waals surface area contributed by atoms with Crippen molar-refractivity contribution in [2.45, 2.75) is 41.5 Å². The van der Waals surface area contributed by atoms with Gasteiger partial charge in [-0.3, -0.25) is 0 Å². The number of hydrogen-bond donors (Lipinski definition) is 0. The average molecular weight is 759 g/mol. The number of rotatable bonds is 2. The van der Waals surface area contributed by atoms with E-state index in [0.717, 1.165) is 22.5 Å². The molecule has 2 aromatic heterocycles. The number of fused-ring (bicyclic) bond motifs is 6. The first-order chi connectivity index (χ1) is 21.3. The fourth-order valence-electron chi connectivity index (χ4n) is 7.36. The number of benzene rings is 4. The van der Waals surface area contributed by atoms with Crippen molar-refractivity contribution in [3.63, 3.8) is 0 Å². The number of aromatic nitrogens is 2. The predicted octanol–water partition coefficient (Wildman–Crippen LogP) is 4.60. The topological polar surface area (TPSA) is 25.8 Å². The summed E-state index contributed by atoms with van der Waals surface area (Å²) in [5, 5.41) is 0. The molecule has 2 aliphatic heterocycles. The molecule has 0 aliphatic carbocycles. The van der Waals surface area contributed by atoms with Crippen LogP contribution in [-0.4, -0.2) is 23.4 Å². The van der Waals surface area contributed by atoms with Crippen molar-refractivity contribution >= 4 is 46.2 Å². The van der Waals surface area contributed by atoms with E-state index in [4.69, 9.17) is 0 Å². The molecule has 6 aromatic rings. The van der Waals surface area contributed by atoms with Gasteiger partial charge in [0, 0.05) is 12.4 Å². The van der Waals surface area contributed by atoms with Gasteiger partial charge in [0.05, 0.1) is 0 Å². The van der Waals surface area contributed by atoms with Crippen LogP contribution in [0.25, 0.3) is 22.5 Å². The Morgan fingerprint density at radius 2 is 0.867 bits per heavy atom. The standard InChI is InChI=1S/2C20H17BN.Pt/c2*1-13-9-10-16-18(12-13)21(17-8-5-11-22-20(16)17)19-14(2)6-4-7-15(19)3;/h2*4-9,11-12H,1-3H3;/q2*-1;+2. The average Bonchev–Trinajstić information content (AvgIpc) is 3.50. The normalized spacial score (nSPS) is 12.0. The van der Waals surface area contributed by atoms with Crippen molar-refractivity contribution in [1.29, 1.82) is 0 Å². The molecular formula is C40H34B2N2Pt. The summed E-state index contributed by atoms with van der Waals surface area (Å²) in [6.45, 7) is 13.6. The number of hydrogen-bond acceptors (Lipinski definition) is 2. The van der Waals surface area contributed by atoms with Crippen molar-refractivity contribution in [3.05, 3.63) is 143 Å². The summed E-state index contributed by atoms with van der Waals surface area (Å²) >= 11 is 0. The molecule has 0 saturated heterocycles. The van der Waals surface area contributed by atoms with E-state index >= 15 is 0 Å². The maximum absolute atomic E-state index is 4.63. The van der Waals surface area contributed by atoms with Crippen LogP contribution < -0.4 is 32.8 Å². The second-order valence-corrected chi connectivity index (χ2v) is 12.4. The van der Waals surface area contributed by atoms with Crippen LogP contribution in [0, 0.1) is 53.7 Å².